The van der Waals surface area contributed by atoms with Crippen molar-refractivity contribution in [1.82, 2.24) is 20.1 Å². The van der Waals surface area contributed by atoms with E-state index in [4.69, 9.17) is 9.47 Å². The number of methoxy groups -OCH3 is 2. The number of benzene rings is 2. The Bertz CT molecular complexity index is 1300. The number of amides is 1. The van der Waals surface area contributed by atoms with E-state index in [-0.39, 0.29) is 17.8 Å². The highest BCUT2D eigenvalue weighted by Gasteiger charge is 2.19. The van der Waals surface area contributed by atoms with Gasteiger partial charge in [0.1, 0.15) is 17.2 Å². The molecule has 1 N–H and O–H groups in total. The van der Waals surface area contributed by atoms with E-state index >= 15 is 0 Å². The third-order valence-corrected chi connectivity index (χ3v) is 4.79. The van der Waals surface area contributed by atoms with Gasteiger partial charge in [0.25, 0.3) is 11.5 Å². The van der Waals surface area contributed by atoms with Crippen molar-refractivity contribution in [3.63, 3.8) is 0 Å². The number of carbonyl (C=O) groups excluding carboxylic acids is 1. The minimum absolute atomic E-state index is 0.129. The van der Waals surface area contributed by atoms with Crippen LogP contribution in [-0.2, 0) is 6.54 Å². The van der Waals surface area contributed by atoms with Gasteiger partial charge < -0.3 is 14.8 Å². The molecule has 0 radical (unpaired) electrons. The first-order valence-corrected chi connectivity index (χ1v) is 9.55. The number of nitrogens with zero attached hydrogens (tertiary/aromatic N) is 3. The lowest BCUT2D eigenvalue weighted by Gasteiger charge is -2.14. The number of aromatic nitrogens is 3. The molecule has 0 atom stereocenters. The van der Waals surface area contributed by atoms with Crippen molar-refractivity contribution in [3.05, 3.63) is 88.6 Å². The number of rotatable bonds is 6. The first-order chi connectivity index (χ1) is 15.1. The second-order valence-corrected chi connectivity index (χ2v) is 6.65. The molecule has 0 saturated carbocycles. The van der Waals surface area contributed by atoms with Crippen molar-refractivity contribution in [2.24, 2.45) is 0 Å². The van der Waals surface area contributed by atoms with E-state index in [1.807, 2.05) is 12.1 Å². The molecule has 0 spiro atoms. The molecule has 0 aliphatic rings. The average molecular weight is 416 g/mol. The van der Waals surface area contributed by atoms with Crippen LogP contribution in [0.5, 0.6) is 11.5 Å². The first-order valence-electron chi connectivity index (χ1n) is 9.55. The molecule has 4 aromatic rings. The summed E-state index contributed by atoms with van der Waals surface area (Å²) in [4.78, 5) is 30.4. The van der Waals surface area contributed by atoms with E-state index in [1.54, 1.807) is 61.8 Å². The van der Waals surface area contributed by atoms with Crippen molar-refractivity contribution >= 4 is 16.7 Å². The minimum Gasteiger partial charge on any atom is -0.497 e. The second-order valence-electron chi connectivity index (χ2n) is 6.65. The van der Waals surface area contributed by atoms with Crippen molar-refractivity contribution in [3.8, 4) is 17.2 Å². The van der Waals surface area contributed by atoms with Gasteiger partial charge in [-0.25, -0.2) is 0 Å². The topological polar surface area (TPSA) is 95.3 Å². The standard InChI is InChI=1S/C23H20N4O4/c1-30-16-10-11-19(20(13-16)31-2)27-23(29)18-9-4-3-8-17(18)21(26-27)22(28)25-14-15-7-5-6-12-24-15/h3-13H,14H2,1-2H3,(H,25,28). The number of ether oxygens (including phenoxy) is 2. The Balaban J connectivity index is 1.82. The lowest BCUT2D eigenvalue weighted by Crippen LogP contribution is -2.30. The zero-order valence-corrected chi connectivity index (χ0v) is 17.0. The van der Waals surface area contributed by atoms with Crippen LogP contribution >= 0.6 is 0 Å². The molecule has 1 amide bonds. The zero-order valence-electron chi connectivity index (χ0n) is 17.0. The number of hydrogen-bond acceptors (Lipinski definition) is 6. The summed E-state index contributed by atoms with van der Waals surface area (Å²) in [5.74, 6) is 0.551. The van der Waals surface area contributed by atoms with E-state index in [9.17, 15) is 9.59 Å². The van der Waals surface area contributed by atoms with Crippen LogP contribution in [0.1, 0.15) is 16.2 Å². The summed E-state index contributed by atoms with van der Waals surface area (Å²) in [6.45, 7) is 0.237. The summed E-state index contributed by atoms with van der Waals surface area (Å²) in [5, 5.41) is 8.06. The highest BCUT2D eigenvalue weighted by Crippen LogP contribution is 2.27. The van der Waals surface area contributed by atoms with Crippen molar-refractivity contribution < 1.29 is 14.3 Å². The van der Waals surface area contributed by atoms with Gasteiger partial charge in [-0.2, -0.15) is 9.78 Å². The van der Waals surface area contributed by atoms with Crippen LogP contribution in [0.15, 0.2) is 71.7 Å². The zero-order chi connectivity index (χ0) is 21.8. The van der Waals surface area contributed by atoms with Gasteiger partial charge in [-0.15, -0.1) is 0 Å². The van der Waals surface area contributed by atoms with Crippen LogP contribution in [0.2, 0.25) is 0 Å². The summed E-state index contributed by atoms with van der Waals surface area (Å²) < 4.78 is 11.8. The molecular weight excluding hydrogens is 396 g/mol. The summed E-state index contributed by atoms with van der Waals surface area (Å²) in [6.07, 6.45) is 1.66. The number of hydrogen-bond donors (Lipinski definition) is 1. The van der Waals surface area contributed by atoms with E-state index in [2.05, 4.69) is 15.4 Å². The Morgan fingerprint density at radius 2 is 1.77 bits per heavy atom. The Labute approximate surface area is 178 Å². The molecule has 2 heterocycles. The normalized spacial score (nSPS) is 10.6. The van der Waals surface area contributed by atoms with Gasteiger partial charge in [-0.05, 0) is 30.3 Å². The van der Waals surface area contributed by atoms with Crippen molar-refractivity contribution in [2.75, 3.05) is 14.2 Å². The van der Waals surface area contributed by atoms with E-state index in [0.717, 1.165) is 0 Å². The molecular formula is C23H20N4O4. The summed E-state index contributed by atoms with van der Waals surface area (Å²) in [5.41, 5.74) is 0.882. The summed E-state index contributed by atoms with van der Waals surface area (Å²) in [6, 6.07) is 17.4. The van der Waals surface area contributed by atoms with Crippen LogP contribution in [0.4, 0.5) is 0 Å². The van der Waals surface area contributed by atoms with Gasteiger partial charge in [0.2, 0.25) is 0 Å². The molecule has 4 rings (SSSR count). The largest absolute Gasteiger partial charge is 0.497 e. The van der Waals surface area contributed by atoms with Crippen LogP contribution in [-0.4, -0.2) is 34.9 Å². The molecule has 31 heavy (non-hydrogen) atoms. The minimum atomic E-state index is -0.414. The molecule has 0 aliphatic heterocycles. The quantitative estimate of drug-likeness (QED) is 0.519. The second kappa shape index (κ2) is 8.66. The highest BCUT2D eigenvalue weighted by molar-refractivity contribution is 6.04. The maximum atomic E-state index is 13.2. The Morgan fingerprint density at radius 3 is 2.48 bits per heavy atom. The molecule has 0 bridgehead atoms. The molecule has 0 unspecified atom stereocenters. The molecule has 0 saturated heterocycles. The van der Waals surface area contributed by atoms with E-state index < -0.39 is 5.91 Å². The summed E-state index contributed by atoms with van der Waals surface area (Å²) >= 11 is 0. The van der Waals surface area contributed by atoms with Gasteiger partial charge in [-0.3, -0.25) is 14.6 Å². The maximum absolute atomic E-state index is 13.2. The third-order valence-electron chi connectivity index (χ3n) is 4.79. The number of pyridine rings is 1. The smallest absolute Gasteiger partial charge is 0.279 e. The Hall–Kier alpha value is -4.20. The fourth-order valence-corrected chi connectivity index (χ4v) is 3.24. The fraction of sp³-hybridized carbons (Fsp3) is 0.130. The monoisotopic (exact) mass is 416 g/mol. The maximum Gasteiger partial charge on any atom is 0.279 e. The molecule has 2 aromatic heterocycles. The first kappa shape index (κ1) is 20.1. The number of fused-ring (bicyclic) bond motifs is 1. The van der Waals surface area contributed by atoms with Gasteiger partial charge in [0, 0.05) is 17.6 Å². The lowest BCUT2D eigenvalue weighted by atomic mass is 10.1. The van der Waals surface area contributed by atoms with Gasteiger partial charge >= 0.3 is 0 Å². The summed E-state index contributed by atoms with van der Waals surface area (Å²) in [7, 11) is 3.03. The van der Waals surface area contributed by atoms with Gasteiger partial charge in [0.05, 0.1) is 31.8 Å². The molecule has 0 fully saturated rings. The average Bonchev–Trinajstić information content (AvgIpc) is 2.83. The predicted octanol–water partition coefficient (Wildman–Crippen LogP) is 2.73. The van der Waals surface area contributed by atoms with Gasteiger partial charge in [0.15, 0.2) is 5.69 Å². The van der Waals surface area contributed by atoms with Crippen LogP contribution in [0, 0.1) is 0 Å². The number of nitrogens with one attached hydrogen (secondary N) is 1. The van der Waals surface area contributed by atoms with E-state index in [1.165, 1.54) is 11.8 Å². The van der Waals surface area contributed by atoms with Gasteiger partial charge in [-0.1, -0.05) is 24.3 Å². The van der Waals surface area contributed by atoms with Crippen LogP contribution < -0.4 is 20.3 Å². The SMILES string of the molecule is COc1ccc(-n2nc(C(=O)NCc3ccccn3)c3ccccc3c2=O)c(OC)c1. The molecule has 0 aliphatic carbocycles. The molecule has 8 nitrogen and oxygen atoms in total. The molecule has 156 valence electrons. The van der Waals surface area contributed by atoms with E-state index in [0.29, 0.717) is 33.7 Å². The number of carbonyl (C=O) groups is 1. The predicted molar refractivity (Wildman–Crippen MR) is 116 cm³/mol. The van der Waals surface area contributed by atoms with Crippen molar-refractivity contribution in [2.45, 2.75) is 6.54 Å². The Kier molecular flexibility index (Phi) is 5.61. The Morgan fingerprint density at radius 1 is 1.00 bits per heavy atom. The lowest BCUT2D eigenvalue weighted by molar-refractivity contribution is 0.0945. The third kappa shape index (κ3) is 3.95. The van der Waals surface area contributed by atoms with Crippen LogP contribution in [0.3, 0.4) is 0 Å². The molecule has 8 heteroatoms. The highest BCUT2D eigenvalue weighted by atomic mass is 16.5. The van der Waals surface area contributed by atoms with Crippen LogP contribution in [0.25, 0.3) is 16.5 Å². The molecule has 2 aromatic carbocycles. The fourth-order valence-electron chi connectivity index (χ4n) is 3.24. The van der Waals surface area contributed by atoms with Crippen molar-refractivity contribution in [1.29, 1.82) is 0 Å².